The van der Waals surface area contributed by atoms with Gasteiger partial charge in [0, 0.05) is 22.6 Å². The second kappa shape index (κ2) is 6.65. The fraction of sp³-hybridized carbons (Fsp3) is 0.222. The Morgan fingerprint density at radius 1 is 1.08 bits per heavy atom. The molecule has 0 aliphatic carbocycles. The molecule has 2 N–H and O–H groups in total. The van der Waals surface area contributed by atoms with E-state index in [4.69, 9.17) is 23.2 Å². The van der Waals surface area contributed by atoms with Gasteiger partial charge in [0.2, 0.25) is 10.0 Å². The fourth-order valence-electron chi connectivity index (χ4n) is 2.86. The number of para-hydroxylation sites is 1. The van der Waals surface area contributed by atoms with Gasteiger partial charge in [-0.25, -0.2) is 13.1 Å². The van der Waals surface area contributed by atoms with Crippen LogP contribution in [0.4, 0.5) is 0 Å². The van der Waals surface area contributed by atoms with E-state index in [1.54, 1.807) is 0 Å². The van der Waals surface area contributed by atoms with E-state index in [1.807, 2.05) is 44.3 Å². The Morgan fingerprint density at radius 2 is 1.80 bits per heavy atom. The summed E-state index contributed by atoms with van der Waals surface area (Å²) in [6, 6.07) is 12.2. The molecular formula is C18H18Cl2N2O2S. The molecule has 0 aliphatic rings. The van der Waals surface area contributed by atoms with Crippen LogP contribution in [-0.2, 0) is 16.4 Å². The maximum Gasteiger partial charge on any atom is 0.241 e. The summed E-state index contributed by atoms with van der Waals surface area (Å²) >= 11 is 11.8. The second-order valence-corrected chi connectivity index (χ2v) is 9.10. The quantitative estimate of drug-likeness (QED) is 0.651. The highest BCUT2D eigenvalue weighted by molar-refractivity contribution is 7.89. The first-order chi connectivity index (χ1) is 11.7. The van der Waals surface area contributed by atoms with E-state index >= 15 is 0 Å². The maximum absolute atomic E-state index is 12.7. The van der Waals surface area contributed by atoms with E-state index < -0.39 is 15.6 Å². The molecule has 0 bridgehead atoms. The minimum Gasteiger partial charge on any atom is -0.361 e. The van der Waals surface area contributed by atoms with Gasteiger partial charge in [-0.3, -0.25) is 0 Å². The third kappa shape index (κ3) is 4.01. The van der Waals surface area contributed by atoms with E-state index in [0.717, 1.165) is 16.5 Å². The van der Waals surface area contributed by atoms with Gasteiger partial charge in [0.15, 0.2) is 0 Å². The van der Waals surface area contributed by atoms with Crippen LogP contribution in [0.2, 0.25) is 10.0 Å². The molecule has 3 aromatic rings. The highest BCUT2D eigenvalue weighted by Crippen LogP contribution is 2.27. The topological polar surface area (TPSA) is 62.0 Å². The normalized spacial score (nSPS) is 12.6. The van der Waals surface area contributed by atoms with Crippen LogP contribution in [-0.4, -0.2) is 18.9 Å². The molecule has 0 saturated carbocycles. The van der Waals surface area contributed by atoms with Crippen molar-refractivity contribution >= 4 is 44.1 Å². The summed E-state index contributed by atoms with van der Waals surface area (Å²) in [4.78, 5) is 3.30. The van der Waals surface area contributed by atoms with Gasteiger partial charge >= 0.3 is 0 Å². The number of aromatic nitrogens is 1. The van der Waals surface area contributed by atoms with Gasteiger partial charge in [0.25, 0.3) is 0 Å². The number of fused-ring (bicyclic) bond motifs is 1. The molecule has 0 aliphatic heterocycles. The smallest absolute Gasteiger partial charge is 0.241 e. The summed E-state index contributed by atoms with van der Waals surface area (Å²) in [5.41, 5.74) is 1.40. The van der Waals surface area contributed by atoms with Crippen LogP contribution >= 0.6 is 23.2 Å². The van der Waals surface area contributed by atoms with Crippen LogP contribution in [0, 0.1) is 0 Å². The molecule has 0 atom stereocenters. The molecule has 7 heteroatoms. The third-order valence-electron chi connectivity index (χ3n) is 3.92. The number of halogens is 2. The molecule has 1 heterocycles. The molecular weight excluding hydrogens is 379 g/mol. The Balaban J connectivity index is 1.86. The monoisotopic (exact) mass is 396 g/mol. The first kappa shape index (κ1) is 18.3. The van der Waals surface area contributed by atoms with Crippen LogP contribution in [0.25, 0.3) is 10.9 Å². The van der Waals surface area contributed by atoms with Gasteiger partial charge in [0.05, 0.1) is 14.9 Å². The van der Waals surface area contributed by atoms with Crippen molar-refractivity contribution in [2.45, 2.75) is 30.7 Å². The number of hydrogen-bond donors (Lipinski definition) is 2. The molecule has 0 spiro atoms. The lowest BCUT2D eigenvalue weighted by Gasteiger charge is -2.26. The summed E-state index contributed by atoms with van der Waals surface area (Å²) in [5, 5.41) is 1.61. The van der Waals surface area contributed by atoms with Gasteiger partial charge < -0.3 is 4.98 Å². The summed E-state index contributed by atoms with van der Waals surface area (Å²) in [5.74, 6) is 0. The lowest BCUT2D eigenvalue weighted by molar-refractivity contribution is 0.451. The standard InChI is InChI=1S/C18H18Cl2N2O2S/c1-18(2,10-12-11-21-17-6-4-3-5-14(12)17)22-25(23,24)13-7-8-15(19)16(20)9-13/h3-9,11,21-22H,10H2,1-2H3. The minimum atomic E-state index is -3.72. The van der Waals surface area contributed by atoms with Crippen LogP contribution in [0.1, 0.15) is 19.4 Å². The Morgan fingerprint density at radius 3 is 2.52 bits per heavy atom. The lowest BCUT2D eigenvalue weighted by atomic mass is 9.96. The molecule has 132 valence electrons. The van der Waals surface area contributed by atoms with E-state index in [-0.39, 0.29) is 9.92 Å². The van der Waals surface area contributed by atoms with Gasteiger partial charge in [-0.2, -0.15) is 0 Å². The Bertz CT molecular complexity index is 1030. The van der Waals surface area contributed by atoms with Crippen molar-refractivity contribution in [3.05, 3.63) is 64.3 Å². The van der Waals surface area contributed by atoms with Gasteiger partial charge in [-0.1, -0.05) is 41.4 Å². The molecule has 0 saturated heterocycles. The minimum absolute atomic E-state index is 0.0916. The zero-order valence-corrected chi connectivity index (χ0v) is 16.1. The van der Waals surface area contributed by atoms with E-state index in [9.17, 15) is 8.42 Å². The van der Waals surface area contributed by atoms with Crippen molar-refractivity contribution in [1.82, 2.24) is 9.71 Å². The van der Waals surface area contributed by atoms with E-state index in [1.165, 1.54) is 18.2 Å². The summed E-state index contributed by atoms with van der Waals surface area (Å²) in [6.07, 6.45) is 2.46. The largest absolute Gasteiger partial charge is 0.361 e. The van der Waals surface area contributed by atoms with Gasteiger partial charge in [-0.05, 0) is 50.1 Å². The molecule has 25 heavy (non-hydrogen) atoms. The van der Waals surface area contributed by atoms with Crippen molar-refractivity contribution in [2.24, 2.45) is 0 Å². The zero-order valence-electron chi connectivity index (χ0n) is 13.8. The van der Waals surface area contributed by atoms with Crippen molar-refractivity contribution in [3.63, 3.8) is 0 Å². The second-order valence-electron chi connectivity index (χ2n) is 6.60. The number of nitrogens with one attached hydrogen (secondary N) is 2. The maximum atomic E-state index is 12.7. The Labute approximate surface area is 157 Å². The Hall–Kier alpha value is -1.53. The molecule has 3 rings (SSSR count). The number of H-pyrrole nitrogens is 1. The molecule has 1 aromatic heterocycles. The Kier molecular flexibility index (Phi) is 4.86. The predicted octanol–water partition coefficient (Wildman–Crippen LogP) is 4.77. The van der Waals surface area contributed by atoms with Crippen LogP contribution in [0.15, 0.2) is 53.6 Å². The zero-order chi connectivity index (χ0) is 18.2. The average Bonchev–Trinajstić information content (AvgIpc) is 2.91. The SMILES string of the molecule is CC(C)(Cc1c[nH]c2ccccc12)NS(=O)(=O)c1ccc(Cl)c(Cl)c1. The highest BCUT2D eigenvalue weighted by atomic mass is 35.5. The highest BCUT2D eigenvalue weighted by Gasteiger charge is 2.27. The van der Waals surface area contributed by atoms with E-state index in [2.05, 4.69) is 9.71 Å². The molecule has 4 nitrogen and oxygen atoms in total. The number of benzene rings is 2. The number of rotatable bonds is 5. The van der Waals surface area contributed by atoms with Crippen LogP contribution < -0.4 is 4.72 Å². The molecule has 0 fully saturated rings. The molecule has 0 radical (unpaired) electrons. The first-order valence-corrected chi connectivity index (χ1v) is 9.96. The number of hydrogen-bond acceptors (Lipinski definition) is 2. The number of sulfonamides is 1. The molecule has 2 aromatic carbocycles. The van der Waals surface area contributed by atoms with Crippen LogP contribution in [0.3, 0.4) is 0 Å². The van der Waals surface area contributed by atoms with Gasteiger partial charge in [-0.15, -0.1) is 0 Å². The third-order valence-corrected chi connectivity index (χ3v) is 6.35. The molecule has 0 unspecified atom stereocenters. The van der Waals surface area contributed by atoms with Crippen molar-refractivity contribution in [1.29, 1.82) is 0 Å². The first-order valence-electron chi connectivity index (χ1n) is 7.72. The van der Waals surface area contributed by atoms with Crippen molar-refractivity contribution in [2.75, 3.05) is 0 Å². The molecule has 0 amide bonds. The van der Waals surface area contributed by atoms with E-state index in [0.29, 0.717) is 11.4 Å². The summed E-state index contributed by atoms with van der Waals surface area (Å²) in [7, 11) is -3.72. The number of aromatic amines is 1. The van der Waals surface area contributed by atoms with Crippen molar-refractivity contribution < 1.29 is 8.42 Å². The van der Waals surface area contributed by atoms with Crippen LogP contribution in [0.5, 0.6) is 0 Å². The fourth-order valence-corrected chi connectivity index (χ4v) is 4.66. The summed E-state index contributed by atoms with van der Waals surface area (Å²) in [6.45, 7) is 3.70. The average molecular weight is 397 g/mol. The van der Waals surface area contributed by atoms with Crippen molar-refractivity contribution in [3.8, 4) is 0 Å². The predicted molar refractivity (Wildman–Crippen MR) is 103 cm³/mol. The van der Waals surface area contributed by atoms with Gasteiger partial charge in [0.1, 0.15) is 0 Å². The summed E-state index contributed by atoms with van der Waals surface area (Å²) < 4.78 is 28.1. The lowest BCUT2D eigenvalue weighted by Crippen LogP contribution is -2.44.